The summed E-state index contributed by atoms with van der Waals surface area (Å²) in [5, 5.41) is 3.41. The number of hydrogen-bond acceptors (Lipinski definition) is 1. The number of rotatable bonds is 3. The first-order valence-electron chi connectivity index (χ1n) is 5.70. The van der Waals surface area contributed by atoms with Crippen LogP contribution in [0.5, 0.6) is 0 Å². The van der Waals surface area contributed by atoms with E-state index in [4.69, 9.17) is 0 Å². The number of anilines is 1. The lowest BCUT2D eigenvalue weighted by atomic mass is 10.1. The highest BCUT2D eigenvalue weighted by Gasteiger charge is 1.97. The van der Waals surface area contributed by atoms with E-state index < -0.39 is 0 Å². The van der Waals surface area contributed by atoms with Crippen LogP contribution < -0.4 is 5.32 Å². The first-order valence-corrected chi connectivity index (χ1v) is 5.70. The van der Waals surface area contributed by atoms with Crippen LogP contribution in [-0.4, -0.2) is 0 Å². The molecule has 84 valence electrons. The Morgan fingerprint density at radius 1 is 0.941 bits per heavy atom. The van der Waals surface area contributed by atoms with Crippen LogP contribution in [0.1, 0.15) is 18.1 Å². The van der Waals surface area contributed by atoms with Crippen molar-refractivity contribution in [2.24, 2.45) is 0 Å². The fourth-order valence-corrected chi connectivity index (χ4v) is 1.67. The zero-order valence-electron chi connectivity index (χ0n) is 9.90. The predicted octanol–water partition coefficient (Wildman–Crippen LogP) is 3.67. The average molecular weight is 221 g/mol. The molecular weight excluding hydrogens is 206 g/mol. The van der Waals surface area contributed by atoms with Gasteiger partial charge in [-0.15, -0.1) is 5.92 Å². The number of nitrogens with one attached hydrogen (secondary N) is 1. The standard InChI is InChI=1S/C16H15N/c1-2-8-15-11-6-7-12-16(15)17-13-14-9-4-3-5-10-14/h3-7,9-12,17H,13H2,1H3. The monoisotopic (exact) mass is 221 g/mol. The first kappa shape index (κ1) is 11.3. The highest BCUT2D eigenvalue weighted by atomic mass is 14.9. The maximum absolute atomic E-state index is 3.41. The summed E-state index contributed by atoms with van der Waals surface area (Å²) in [6.07, 6.45) is 0. The van der Waals surface area contributed by atoms with Crippen LogP contribution in [0.2, 0.25) is 0 Å². The molecule has 2 aromatic carbocycles. The van der Waals surface area contributed by atoms with E-state index in [9.17, 15) is 0 Å². The Hall–Kier alpha value is -2.20. The van der Waals surface area contributed by atoms with Gasteiger partial charge >= 0.3 is 0 Å². The van der Waals surface area contributed by atoms with E-state index in [-0.39, 0.29) is 0 Å². The Morgan fingerprint density at radius 2 is 1.65 bits per heavy atom. The highest BCUT2D eigenvalue weighted by molar-refractivity contribution is 5.58. The van der Waals surface area contributed by atoms with E-state index in [1.807, 2.05) is 31.2 Å². The van der Waals surface area contributed by atoms with Crippen LogP contribution >= 0.6 is 0 Å². The zero-order valence-corrected chi connectivity index (χ0v) is 9.90. The average Bonchev–Trinajstić information content (AvgIpc) is 2.39. The molecule has 0 spiro atoms. The Kier molecular flexibility index (Phi) is 3.83. The molecule has 0 radical (unpaired) electrons. The van der Waals surface area contributed by atoms with E-state index in [2.05, 4.69) is 47.5 Å². The lowest BCUT2D eigenvalue weighted by Crippen LogP contribution is -2.00. The molecule has 2 aromatic rings. The number of benzene rings is 2. The second-order valence-electron chi connectivity index (χ2n) is 3.76. The van der Waals surface area contributed by atoms with Crippen LogP contribution in [0, 0.1) is 11.8 Å². The number of hydrogen-bond donors (Lipinski definition) is 1. The molecular formula is C16H15N. The second kappa shape index (κ2) is 5.77. The molecule has 0 fully saturated rings. The van der Waals surface area contributed by atoms with Crippen molar-refractivity contribution in [1.29, 1.82) is 0 Å². The SMILES string of the molecule is CC#Cc1ccccc1NCc1ccccc1. The van der Waals surface area contributed by atoms with Gasteiger partial charge in [-0.1, -0.05) is 48.4 Å². The predicted molar refractivity (Wildman–Crippen MR) is 72.8 cm³/mol. The van der Waals surface area contributed by atoms with Crippen LogP contribution in [-0.2, 0) is 6.54 Å². The zero-order chi connectivity index (χ0) is 11.9. The Morgan fingerprint density at radius 3 is 2.41 bits per heavy atom. The summed E-state index contributed by atoms with van der Waals surface area (Å²) in [5.74, 6) is 6.03. The summed E-state index contributed by atoms with van der Waals surface area (Å²) >= 11 is 0. The Labute approximate surface area is 102 Å². The quantitative estimate of drug-likeness (QED) is 0.780. The molecule has 0 bridgehead atoms. The smallest absolute Gasteiger partial charge is 0.0501 e. The van der Waals surface area contributed by atoms with Gasteiger partial charge in [0.05, 0.1) is 5.69 Å². The van der Waals surface area contributed by atoms with E-state index in [0.717, 1.165) is 17.8 Å². The summed E-state index contributed by atoms with van der Waals surface area (Å²) in [6, 6.07) is 18.5. The molecule has 2 rings (SSSR count). The molecule has 0 aliphatic heterocycles. The summed E-state index contributed by atoms with van der Waals surface area (Å²) < 4.78 is 0. The summed E-state index contributed by atoms with van der Waals surface area (Å²) in [6.45, 7) is 2.68. The van der Waals surface area contributed by atoms with Crippen molar-refractivity contribution < 1.29 is 0 Å². The lowest BCUT2D eigenvalue weighted by molar-refractivity contribution is 1.15. The molecule has 1 nitrogen and oxygen atoms in total. The number of para-hydroxylation sites is 1. The maximum atomic E-state index is 3.41. The molecule has 1 heteroatoms. The Balaban J connectivity index is 2.11. The fourth-order valence-electron chi connectivity index (χ4n) is 1.67. The van der Waals surface area contributed by atoms with Crippen molar-refractivity contribution >= 4 is 5.69 Å². The topological polar surface area (TPSA) is 12.0 Å². The van der Waals surface area contributed by atoms with Gasteiger partial charge in [0, 0.05) is 12.1 Å². The minimum Gasteiger partial charge on any atom is -0.380 e. The fraction of sp³-hybridized carbons (Fsp3) is 0.125. The van der Waals surface area contributed by atoms with Gasteiger partial charge in [0.2, 0.25) is 0 Å². The third-order valence-corrected chi connectivity index (χ3v) is 2.51. The van der Waals surface area contributed by atoms with Crippen molar-refractivity contribution in [2.75, 3.05) is 5.32 Å². The third kappa shape index (κ3) is 3.12. The molecule has 17 heavy (non-hydrogen) atoms. The van der Waals surface area contributed by atoms with Crippen molar-refractivity contribution in [3.63, 3.8) is 0 Å². The van der Waals surface area contributed by atoms with Gasteiger partial charge in [0.1, 0.15) is 0 Å². The van der Waals surface area contributed by atoms with Gasteiger partial charge in [0.15, 0.2) is 0 Å². The van der Waals surface area contributed by atoms with Crippen LogP contribution in [0.3, 0.4) is 0 Å². The third-order valence-electron chi connectivity index (χ3n) is 2.51. The molecule has 0 atom stereocenters. The highest BCUT2D eigenvalue weighted by Crippen LogP contribution is 2.14. The first-order chi connectivity index (χ1) is 8.40. The van der Waals surface area contributed by atoms with Gasteiger partial charge in [-0.3, -0.25) is 0 Å². The summed E-state index contributed by atoms with van der Waals surface area (Å²) in [4.78, 5) is 0. The van der Waals surface area contributed by atoms with Crippen LogP contribution in [0.15, 0.2) is 54.6 Å². The van der Waals surface area contributed by atoms with Crippen LogP contribution in [0.25, 0.3) is 0 Å². The van der Waals surface area contributed by atoms with Gasteiger partial charge in [-0.05, 0) is 24.6 Å². The van der Waals surface area contributed by atoms with Crippen molar-refractivity contribution in [2.45, 2.75) is 13.5 Å². The second-order valence-corrected chi connectivity index (χ2v) is 3.76. The Bertz CT molecular complexity index is 532. The minimum atomic E-state index is 0.823. The van der Waals surface area contributed by atoms with E-state index >= 15 is 0 Å². The van der Waals surface area contributed by atoms with Crippen molar-refractivity contribution in [3.8, 4) is 11.8 Å². The maximum Gasteiger partial charge on any atom is 0.0501 e. The van der Waals surface area contributed by atoms with Gasteiger partial charge in [0.25, 0.3) is 0 Å². The molecule has 0 aliphatic carbocycles. The summed E-state index contributed by atoms with van der Waals surface area (Å²) in [5.41, 5.74) is 3.41. The molecule has 0 aliphatic rings. The van der Waals surface area contributed by atoms with Crippen LogP contribution in [0.4, 0.5) is 5.69 Å². The molecule has 0 unspecified atom stereocenters. The molecule has 1 N–H and O–H groups in total. The van der Waals surface area contributed by atoms with Gasteiger partial charge in [-0.25, -0.2) is 0 Å². The largest absolute Gasteiger partial charge is 0.380 e. The van der Waals surface area contributed by atoms with Gasteiger partial charge in [-0.2, -0.15) is 0 Å². The molecule has 0 saturated heterocycles. The van der Waals surface area contributed by atoms with Crippen molar-refractivity contribution in [3.05, 3.63) is 65.7 Å². The normalized spacial score (nSPS) is 9.24. The van der Waals surface area contributed by atoms with Gasteiger partial charge < -0.3 is 5.32 Å². The van der Waals surface area contributed by atoms with E-state index in [1.165, 1.54) is 5.56 Å². The summed E-state index contributed by atoms with van der Waals surface area (Å²) in [7, 11) is 0. The van der Waals surface area contributed by atoms with E-state index in [0.29, 0.717) is 0 Å². The lowest BCUT2D eigenvalue weighted by Gasteiger charge is -2.08. The molecule has 0 aromatic heterocycles. The molecule has 0 saturated carbocycles. The van der Waals surface area contributed by atoms with Crippen molar-refractivity contribution in [1.82, 2.24) is 0 Å². The van der Waals surface area contributed by atoms with E-state index in [1.54, 1.807) is 0 Å². The minimum absolute atomic E-state index is 0.823. The molecule has 0 amide bonds. The molecule has 0 heterocycles.